The minimum absolute atomic E-state index is 0.153. The number of nitriles is 1. The molecule has 0 bridgehead atoms. The number of aromatic nitrogens is 1. The monoisotopic (exact) mass is 353 g/mol. The number of carbonyl (C=O) groups excluding carboxylic acids is 1. The second-order valence-electron chi connectivity index (χ2n) is 6.02. The van der Waals surface area contributed by atoms with Gasteiger partial charge in [-0.25, -0.2) is 0 Å². The van der Waals surface area contributed by atoms with Gasteiger partial charge in [0.25, 0.3) is 11.2 Å². The van der Waals surface area contributed by atoms with Crippen LogP contribution < -0.4 is 5.56 Å². The molecule has 1 aromatic carbocycles. The van der Waals surface area contributed by atoms with Crippen molar-refractivity contribution in [2.45, 2.75) is 25.2 Å². The van der Waals surface area contributed by atoms with Crippen molar-refractivity contribution >= 4 is 11.7 Å². The van der Waals surface area contributed by atoms with E-state index < -0.39 is 21.9 Å². The Morgan fingerprint density at radius 3 is 2.73 bits per heavy atom. The van der Waals surface area contributed by atoms with Crippen LogP contribution in [0.1, 0.15) is 31.0 Å². The van der Waals surface area contributed by atoms with Gasteiger partial charge in [-0.1, -0.05) is 12.1 Å². The molecule has 3 rings (SSSR count). The third-order valence-corrected chi connectivity index (χ3v) is 4.44. The molecule has 26 heavy (non-hydrogen) atoms. The average molecular weight is 353 g/mol. The maximum atomic E-state index is 12.4. The number of carbonyl (C=O) groups is 1. The molecule has 132 valence electrons. The van der Waals surface area contributed by atoms with E-state index in [2.05, 4.69) is 4.98 Å². The Balaban J connectivity index is 2.18. The van der Waals surface area contributed by atoms with Gasteiger partial charge in [0.2, 0.25) is 0 Å². The Morgan fingerprint density at radius 2 is 2.15 bits per heavy atom. The zero-order valence-electron chi connectivity index (χ0n) is 13.9. The van der Waals surface area contributed by atoms with Crippen LogP contribution in [0.15, 0.2) is 35.1 Å². The number of nitrogens with zero attached hydrogens (tertiary/aromatic N) is 2. The second-order valence-corrected chi connectivity index (χ2v) is 6.02. The number of esters is 1. The number of ether oxygens (including phenoxy) is 1. The molecule has 1 aromatic heterocycles. The van der Waals surface area contributed by atoms with E-state index in [9.17, 15) is 25.0 Å². The molecule has 0 spiro atoms. The van der Waals surface area contributed by atoms with Gasteiger partial charge in [-0.15, -0.1) is 0 Å². The van der Waals surface area contributed by atoms with Gasteiger partial charge in [0.05, 0.1) is 11.5 Å². The molecule has 1 N–H and O–H groups in total. The lowest BCUT2D eigenvalue weighted by Crippen LogP contribution is -2.27. The molecule has 1 aliphatic carbocycles. The Hall–Kier alpha value is -3.47. The van der Waals surface area contributed by atoms with Gasteiger partial charge in [-0.3, -0.25) is 19.7 Å². The maximum Gasteiger partial charge on any atom is 0.318 e. The van der Waals surface area contributed by atoms with Gasteiger partial charge >= 0.3 is 5.97 Å². The Bertz CT molecular complexity index is 999. The van der Waals surface area contributed by atoms with E-state index in [1.807, 2.05) is 6.07 Å². The van der Waals surface area contributed by atoms with Gasteiger partial charge in [-0.2, -0.15) is 5.26 Å². The number of aromatic amines is 1. The Kier molecular flexibility index (Phi) is 4.30. The number of hydrogen-bond donors (Lipinski definition) is 1. The number of non-ortho nitro benzene ring substituents is 1. The fourth-order valence-electron chi connectivity index (χ4n) is 2.92. The van der Waals surface area contributed by atoms with E-state index in [0.717, 1.165) is 0 Å². The van der Waals surface area contributed by atoms with Gasteiger partial charge in [0, 0.05) is 23.4 Å². The maximum absolute atomic E-state index is 12.4. The minimum atomic E-state index is -0.918. The zero-order chi connectivity index (χ0) is 18.9. The van der Waals surface area contributed by atoms with Crippen molar-refractivity contribution in [2.24, 2.45) is 0 Å². The molecule has 0 atom stereocenters. The van der Waals surface area contributed by atoms with E-state index in [-0.39, 0.29) is 23.4 Å². The summed E-state index contributed by atoms with van der Waals surface area (Å²) in [7, 11) is 0. The van der Waals surface area contributed by atoms with Gasteiger partial charge in [0.15, 0.2) is 0 Å². The summed E-state index contributed by atoms with van der Waals surface area (Å²) >= 11 is 0. The first kappa shape index (κ1) is 17.4. The number of benzene rings is 1. The van der Waals surface area contributed by atoms with Crippen molar-refractivity contribution < 1.29 is 14.5 Å². The van der Waals surface area contributed by atoms with E-state index in [1.165, 1.54) is 18.2 Å². The highest BCUT2D eigenvalue weighted by Gasteiger charge is 2.54. The third-order valence-electron chi connectivity index (χ3n) is 4.44. The average Bonchev–Trinajstić information content (AvgIpc) is 3.43. The number of pyridine rings is 1. The van der Waals surface area contributed by atoms with E-state index in [0.29, 0.717) is 24.1 Å². The molecular formula is C18H15N3O5. The standard InChI is InChI=1S/C18H15N3O5/c1-2-26-17(23)18(6-7-18)15-9-13(14(10-19)16(22)20-15)11-4-3-5-12(8-11)21(24)25/h3-5,8-9H,2,6-7H2,1H3,(H,20,22). The van der Waals surface area contributed by atoms with Crippen LogP contribution in [0.2, 0.25) is 0 Å². The van der Waals surface area contributed by atoms with Crippen LogP contribution >= 0.6 is 0 Å². The molecule has 0 unspecified atom stereocenters. The van der Waals surface area contributed by atoms with E-state index in [1.54, 1.807) is 19.1 Å². The highest BCUT2D eigenvalue weighted by molar-refractivity contribution is 5.87. The minimum Gasteiger partial charge on any atom is -0.465 e. The van der Waals surface area contributed by atoms with Crippen molar-refractivity contribution in [3.8, 4) is 17.2 Å². The van der Waals surface area contributed by atoms with Crippen molar-refractivity contribution in [2.75, 3.05) is 6.61 Å². The summed E-state index contributed by atoms with van der Waals surface area (Å²) in [5.41, 5.74) is -0.885. The van der Waals surface area contributed by atoms with Crippen LogP contribution in [0.25, 0.3) is 11.1 Å². The van der Waals surface area contributed by atoms with E-state index in [4.69, 9.17) is 4.74 Å². The summed E-state index contributed by atoms with van der Waals surface area (Å²) in [4.78, 5) is 37.7. The van der Waals surface area contributed by atoms with Crippen molar-refractivity contribution in [1.29, 1.82) is 5.26 Å². The second kappa shape index (κ2) is 6.44. The molecule has 0 saturated heterocycles. The molecule has 8 heteroatoms. The Morgan fingerprint density at radius 1 is 1.42 bits per heavy atom. The number of H-pyrrole nitrogens is 1. The van der Waals surface area contributed by atoms with Gasteiger partial charge in [-0.05, 0) is 31.4 Å². The van der Waals surface area contributed by atoms with Crippen LogP contribution in [0, 0.1) is 21.4 Å². The number of rotatable bonds is 5. The molecule has 1 saturated carbocycles. The predicted octanol–water partition coefficient (Wildman–Crippen LogP) is 2.42. The van der Waals surface area contributed by atoms with Crippen LogP contribution in [0.5, 0.6) is 0 Å². The van der Waals surface area contributed by atoms with Crippen molar-refractivity contribution in [1.82, 2.24) is 4.98 Å². The first-order valence-electron chi connectivity index (χ1n) is 8.03. The molecule has 2 aromatic rings. The number of nitro groups is 1. The van der Waals surface area contributed by atoms with Crippen LogP contribution in [-0.2, 0) is 14.9 Å². The van der Waals surface area contributed by atoms with E-state index >= 15 is 0 Å². The Labute approximate surface area is 148 Å². The topological polar surface area (TPSA) is 126 Å². The smallest absolute Gasteiger partial charge is 0.318 e. The quantitative estimate of drug-likeness (QED) is 0.500. The fraction of sp³-hybridized carbons (Fsp3) is 0.278. The van der Waals surface area contributed by atoms with Crippen molar-refractivity contribution in [3.63, 3.8) is 0 Å². The molecule has 1 aliphatic rings. The molecule has 1 heterocycles. The lowest BCUT2D eigenvalue weighted by molar-refractivity contribution is -0.384. The largest absolute Gasteiger partial charge is 0.465 e. The third kappa shape index (κ3) is 2.84. The lowest BCUT2D eigenvalue weighted by Gasteiger charge is -2.15. The van der Waals surface area contributed by atoms with Crippen LogP contribution in [0.4, 0.5) is 5.69 Å². The normalized spacial score (nSPS) is 14.3. The summed E-state index contributed by atoms with van der Waals surface area (Å²) in [5, 5.41) is 20.4. The SMILES string of the molecule is CCOC(=O)C1(c2cc(-c3cccc([N+](=O)[O-])c3)c(C#N)c(=O)[nH]2)CC1. The molecule has 0 amide bonds. The summed E-state index contributed by atoms with van der Waals surface area (Å²) in [6.45, 7) is 1.92. The summed E-state index contributed by atoms with van der Waals surface area (Å²) in [5.74, 6) is -0.426. The molecule has 0 aliphatic heterocycles. The predicted molar refractivity (Wildman–Crippen MR) is 91.4 cm³/mol. The lowest BCUT2D eigenvalue weighted by atomic mass is 9.95. The first-order chi connectivity index (χ1) is 12.4. The number of nitrogens with one attached hydrogen (secondary N) is 1. The molecule has 0 radical (unpaired) electrons. The van der Waals surface area contributed by atoms with Gasteiger partial charge < -0.3 is 9.72 Å². The number of hydrogen-bond acceptors (Lipinski definition) is 6. The highest BCUT2D eigenvalue weighted by Crippen LogP contribution is 2.49. The van der Waals surface area contributed by atoms with Gasteiger partial charge in [0.1, 0.15) is 17.0 Å². The highest BCUT2D eigenvalue weighted by atomic mass is 16.6. The summed E-state index contributed by atoms with van der Waals surface area (Å²) in [6, 6.07) is 9.06. The number of nitro benzene ring substituents is 1. The molecular weight excluding hydrogens is 338 g/mol. The summed E-state index contributed by atoms with van der Waals surface area (Å²) < 4.78 is 5.10. The van der Waals surface area contributed by atoms with Crippen LogP contribution in [-0.4, -0.2) is 22.5 Å². The molecule has 1 fully saturated rings. The molecule has 8 nitrogen and oxygen atoms in total. The van der Waals surface area contributed by atoms with Crippen molar-refractivity contribution in [3.05, 3.63) is 62.1 Å². The summed E-state index contributed by atoms with van der Waals surface area (Å²) in [6.07, 6.45) is 1.06. The zero-order valence-corrected chi connectivity index (χ0v) is 13.9. The fourth-order valence-corrected chi connectivity index (χ4v) is 2.92. The first-order valence-corrected chi connectivity index (χ1v) is 8.03. The van der Waals surface area contributed by atoms with Crippen LogP contribution in [0.3, 0.4) is 0 Å².